The molecule has 0 unspecified atom stereocenters. The largest absolute Gasteiger partial charge is 0.383 e. The quantitative estimate of drug-likeness (QED) is 0.528. The average Bonchev–Trinajstić information content (AvgIpc) is 2.53. The summed E-state index contributed by atoms with van der Waals surface area (Å²) in [5, 5.41) is 6.15. The summed E-state index contributed by atoms with van der Waals surface area (Å²) in [5.41, 5.74) is 0. The molecule has 0 atom stereocenters. The van der Waals surface area contributed by atoms with Crippen molar-refractivity contribution in [2.24, 2.45) is 0 Å². The summed E-state index contributed by atoms with van der Waals surface area (Å²) in [5.74, 6) is 0.114. The predicted octanol–water partition coefficient (Wildman–Crippen LogP) is 1.06. The molecule has 2 N–H and O–H groups in total. The smallest absolute Gasteiger partial charge is 0.234 e. The van der Waals surface area contributed by atoms with Gasteiger partial charge in [0, 0.05) is 19.7 Å². The molecule has 0 bridgehead atoms. The fraction of sp³-hybridized carbons (Fsp3) is 0.917. The van der Waals surface area contributed by atoms with Crippen LogP contribution in [0.25, 0.3) is 0 Å². The van der Waals surface area contributed by atoms with Gasteiger partial charge in [0.25, 0.3) is 0 Å². The fourth-order valence-electron chi connectivity index (χ4n) is 2.08. The normalized spacial score (nSPS) is 18.1. The first-order valence-corrected chi connectivity index (χ1v) is 6.32. The maximum absolute atomic E-state index is 11.6. The summed E-state index contributed by atoms with van der Waals surface area (Å²) in [6.45, 7) is 1.78. The van der Waals surface area contributed by atoms with Gasteiger partial charge >= 0.3 is 0 Å². The molecular formula is C12H24N2O2. The average molecular weight is 228 g/mol. The van der Waals surface area contributed by atoms with Gasteiger partial charge in [-0.3, -0.25) is 4.79 Å². The van der Waals surface area contributed by atoms with E-state index < -0.39 is 0 Å². The lowest BCUT2D eigenvalue weighted by Crippen LogP contribution is -2.40. The Balaban J connectivity index is 2.07. The molecule has 0 heterocycles. The van der Waals surface area contributed by atoms with Crippen molar-refractivity contribution in [1.29, 1.82) is 0 Å². The zero-order chi connectivity index (χ0) is 11.6. The van der Waals surface area contributed by atoms with Gasteiger partial charge in [-0.25, -0.2) is 0 Å². The number of amides is 1. The van der Waals surface area contributed by atoms with Crippen molar-refractivity contribution < 1.29 is 9.53 Å². The number of carbonyl (C=O) groups is 1. The second-order valence-electron chi connectivity index (χ2n) is 4.43. The third-order valence-corrected chi connectivity index (χ3v) is 2.99. The van der Waals surface area contributed by atoms with Gasteiger partial charge in [-0.1, -0.05) is 25.7 Å². The number of hydrogen-bond acceptors (Lipinski definition) is 3. The fourth-order valence-corrected chi connectivity index (χ4v) is 2.08. The molecule has 4 nitrogen and oxygen atoms in total. The minimum absolute atomic E-state index is 0.114. The molecular weight excluding hydrogens is 204 g/mol. The summed E-state index contributed by atoms with van der Waals surface area (Å²) in [4.78, 5) is 11.6. The molecule has 1 saturated carbocycles. The van der Waals surface area contributed by atoms with Crippen molar-refractivity contribution in [2.75, 3.05) is 26.8 Å². The van der Waals surface area contributed by atoms with E-state index in [1.165, 1.54) is 25.7 Å². The molecule has 16 heavy (non-hydrogen) atoms. The molecule has 0 aromatic heterocycles. The van der Waals surface area contributed by atoms with Crippen molar-refractivity contribution in [3.05, 3.63) is 0 Å². The van der Waals surface area contributed by atoms with Crippen LogP contribution in [0.4, 0.5) is 0 Å². The minimum atomic E-state index is 0.114. The van der Waals surface area contributed by atoms with Crippen LogP contribution in [0.15, 0.2) is 0 Å². The summed E-state index contributed by atoms with van der Waals surface area (Å²) < 4.78 is 4.90. The number of hydrogen-bond donors (Lipinski definition) is 2. The maximum atomic E-state index is 11.6. The standard InChI is InChI=1S/C12H24N2O2/c1-16-9-8-13-10-12(15)14-11-6-4-2-3-5-7-11/h11,13H,2-10H2,1H3,(H,14,15). The van der Waals surface area contributed by atoms with Crippen molar-refractivity contribution in [2.45, 2.75) is 44.6 Å². The van der Waals surface area contributed by atoms with Crippen molar-refractivity contribution >= 4 is 5.91 Å². The SMILES string of the molecule is COCCNCC(=O)NC1CCCCCC1. The van der Waals surface area contributed by atoms with Crippen molar-refractivity contribution in [3.63, 3.8) is 0 Å². The molecule has 1 fully saturated rings. The Morgan fingerprint density at radius 1 is 1.25 bits per heavy atom. The summed E-state index contributed by atoms with van der Waals surface area (Å²) >= 11 is 0. The monoisotopic (exact) mass is 228 g/mol. The van der Waals surface area contributed by atoms with Crippen molar-refractivity contribution in [3.8, 4) is 0 Å². The maximum Gasteiger partial charge on any atom is 0.234 e. The van der Waals surface area contributed by atoms with Gasteiger partial charge in [0.15, 0.2) is 0 Å². The highest BCUT2D eigenvalue weighted by Crippen LogP contribution is 2.16. The van der Waals surface area contributed by atoms with Crippen LogP contribution >= 0.6 is 0 Å². The molecule has 0 aromatic carbocycles. The molecule has 0 aromatic rings. The molecule has 0 aliphatic heterocycles. The molecule has 0 radical (unpaired) electrons. The topological polar surface area (TPSA) is 50.4 Å². The molecule has 1 aliphatic carbocycles. The zero-order valence-electron chi connectivity index (χ0n) is 10.3. The summed E-state index contributed by atoms with van der Waals surface area (Å²) in [7, 11) is 1.66. The first-order chi connectivity index (χ1) is 7.83. The Kier molecular flexibility index (Phi) is 7.17. The zero-order valence-corrected chi connectivity index (χ0v) is 10.3. The van der Waals surface area contributed by atoms with E-state index in [-0.39, 0.29) is 5.91 Å². The highest BCUT2D eigenvalue weighted by molar-refractivity contribution is 5.78. The predicted molar refractivity (Wildman–Crippen MR) is 64.4 cm³/mol. The van der Waals surface area contributed by atoms with Gasteiger partial charge in [0.2, 0.25) is 5.91 Å². The van der Waals surface area contributed by atoms with Gasteiger partial charge in [0.05, 0.1) is 13.2 Å². The number of nitrogens with one attached hydrogen (secondary N) is 2. The first kappa shape index (κ1) is 13.5. The van der Waals surface area contributed by atoms with E-state index in [1.54, 1.807) is 7.11 Å². The molecule has 4 heteroatoms. The Morgan fingerprint density at radius 2 is 1.94 bits per heavy atom. The first-order valence-electron chi connectivity index (χ1n) is 6.32. The summed E-state index contributed by atoms with van der Waals surface area (Å²) in [6, 6.07) is 0.402. The van der Waals surface area contributed by atoms with Gasteiger partial charge in [0.1, 0.15) is 0 Å². The highest BCUT2D eigenvalue weighted by atomic mass is 16.5. The molecule has 1 aliphatic rings. The Bertz CT molecular complexity index is 189. The van der Waals surface area contributed by atoms with Crippen LogP contribution < -0.4 is 10.6 Å². The van der Waals surface area contributed by atoms with Gasteiger partial charge in [-0.05, 0) is 12.8 Å². The van der Waals surface area contributed by atoms with E-state index in [0.29, 0.717) is 19.2 Å². The van der Waals surface area contributed by atoms with Crippen LogP contribution in [-0.4, -0.2) is 38.8 Å². The number of rotatable bonds is 6. The Morgan fingerprint density at radius 3 is 2.56 bits per heavy atom. The van der Waals surface area contributed by atoms with E-state index in [1.807, 2.05) is 0 Å². The van der Waals surface area contributed by atoms with Gasteiger partial charge < -0.3 is 15.4 Å². The third-order valence-electron chi connectivity index (χ3n) is 2.99. The van der Waals surface area contributed by atoms with E-state index in [4.69, 9.17) is 4.74 Å². The van der Waals surface area contributed by atoms with Gasteiger partial charge in [-0.2, -0.15) is 0 Å². The van der Waals surface area contributed by atoms with Crippen LogP contribution in [0.5, 0.6) is 0 Å². The number of carbonyl (C=O) groups excluding carboxylic acids is 1. The van der Waals surface area contributed by atoms with Crippen LogP contribution in [0.3, 0.4) is 0 Å². The van der Waals surface area contributed by atoms with Gasteiger partial charge in [-0.15, -0.1) is 0 Å². The number of methoxy groups -OCH3 is 1. The lowest BCUT2D eigenvalue weighted by Gasteiger charge is -2.16. The van der Waals surface area contributed by atoms with Crippen LogP contribution in [0, 0.1) is 0 Å². The molecule has 0 spiro atoms. The molecule has 1 rings (SSSR count). The van der Waals surface area contributed by atoms with E-state index in [0.717, 1.165) is 19.4 Å². The third kappa shape index (κ3) is 6.08. The lowest BCUT2D eigenvalue weighted by atomic mass is 10.1. The van der Waals surface area contributed by atoms with E-state index in [2.05, 4.69) is 10.6 Å². The Labute approximate surface area is 98.1 Å². The van der Waals surface area contributed by atoms with Crippen LogP contribution in [0.2, 0.25) is 0 Å². The summed E-state index contributed by atoms with van der Waals surface area (Å²) in [6.07, 6.45) is 7.43. The minimum Gasteiger partial charge on any atom is -0.383 e. The Hall–Kier alpha value is -0.610. The second-order valence-corrected chi connectivity index (χ2v) is 4.43. The molecule has 1 amide bonds. The lowest BCUT2D eigenvalue weighted by molar-refractivity contribution is -0.121. The van der Waals surface area contributed by atoms with Crippen LogP contribution in [0.1, 0.15) is 38.5 Å². The van der Waals surface area contributed by atoms with E-state index >= 15 is 0 Å². The number of ether oxygens (including phenoxy) is 1. The highest BCUT2D eigenvalue weighted by Gasteiger charge is 2.13. The van der Waals surface area contributed by atoms with Crippen LogP contribution in [-0.2, 0) is 9.53 Å². The van der Waals surface area contributed by atoms with Crippen molar-refractivity contribution in [1.82, 2.24) is 10.6 Å². The second kappa shape index (κ2) is 8.53. The molecule has 0 saturated heterocycles. The molecule has 94 valence electrons. The van der Waals surface area contributed by atoms with E-state index in [9.17, 15) is 4.79 Å².